The van der Waals surface area contributed by atoms with Gasteiger partial charge >= 0.3 is 0 Å². The van der Waals surface area contributed by atoms with Crippen LogP contribution in [0.15, 0.2) is 18.2 Å². The number of hydrogen-bond acceptors (Lipinski definition) is 4. The van der Waals surface area contributed by atoms with E-state index in [0.29, 0.717) is 12.2 Å². The molecule has 0 radical (unpaired) electrons. The molecule has 1 amide bonds. The summed E-state index contributed by atoms with van der Waals surface area (Å²) in [5.41, 5.74) is 0.188. The molecule has 2 atom stereocenters. The van der Waals surface area contributed by atoms with Gasteiger partial charge in [-0.1, -0.05) is 0 Å². The predicted molar refractivity (Wildman–Crippen MR) is 67.9 cm³/mol. The average Bonchev–Trinajstić information content (AvgIpc) is 2.27. The van der Waals surface area contributed by atoms with Gasteiger partial charge in [-0.15, -0.1) is 0 Å². The second-order valence-corrected chi connectivity index (χ2v) is 4.34. The molecule has 2 unspecified atom stereocenters. The maximum Gasteiger partial charge on any atom is 0.255 e. The van der Waals surface area contributed by atoms with E-state index in [2.05, 4.69) is 5.32 Å². The van der Waals surface area contributed by atoms with Crippen LogP contribution < -0.4 is 10.1 Å². The Kier molecular flexibility index (Phi) is 4.97. The Morgan fingerprint density at radius 1 is 1.44 bits per heavy atom. The Morgan fingerprint density at radius 2 is 2.11 bits per heavy atom. The number of benzene rings is 1. The number of rotatable bonds is 5. The number of carbonyl (C=O) groups is 1. The molecule has 0 aliphatic rings. The van der Waals surface area contributed by atoms with Crippen LogP contribution in [0.5, 0.6) is 11.5 Å². The molecule has 0 saturated heterocycles. The van der Waals surface area contributed by atoms with Crippen LogP contribution in [0.2, 0.25) is 0 Å². The standard InChI is InChI=1S/C13H19NO4/c1-8(6-9(2)15)14-13(17)11-5-4-10(18-3)7-12(11)16/h4-5,7-9,15-16H,6H2,1-3H3,(H,14,17). The van der Waals surface area contributed by atoms with E-state index in [1.165, 1.54) is 19.2 Å². The molecular weight excluding hydrogens is 234 g/mol. The molecule has 1 aromatic carbocycles. The minimum absolute atomic E-state index is 0.129. The summed E-state index contributed by atoms with van der Waals surface area (Å²) in [6.45, 7) is 3.46. The Bertz CT molecular complexity index is 417. The number of ether oxygens (including phenoxy) is 1. The van der Waals surface area contributed by atoms with Gasteiger partial charge in [0.05, 0.1) is 18.8 Å². The summed E-state index contributed by atoms with van der Waals surface area (Å²) in [6.07, 6.45) is -0.0207. The van der Waals surface area contributed by atoms with Gasteiger partial charge in [-0.25, -0.2) is 0 Å². The van der Waals surface area contributed by atoms with E-state index in [4.69, 9.17) is 4.74 Å². The van der Waals surface area contributed by atoms with E-state index < -0.39 is 6.10 Å². The summed E-state index contributed by atoms with van der Waals surface area (Å²) < 4.78 is 4.94. The second-order valence-electron chi connectivity index (χ2n) is 4.34. The predicted octanol–water partition coefficient (Wildman–Crippen LogP) is 1.29. The highest BCUT2D eigenvalue weighted by Gasteiger charge is 2.15. The summed E-state index contributed by atoms with van der Waals surface area (Å²) in [6, 6.07) is 4.32. The molecule has 5 nitrogen and oxygen atoms in total. The molecule has 0 aliphatic carbocycles. The molecule has 0 bridgehead atoms. The number of methoxy groups -OCH3 is 1. The van der Waals surface area contributed by atoms with E-state index >= 15 is 0 Å². The topological polar surface area (TPSA) is 78.8 Å². The lowest BCUT2D eigenvalue weighted by atomic mass is 10.1. The van der Waals surface area contributed by atoms with Crippen molar-refractivity contribution < 1.29 is 19.7 Å². The number of aromatic hydroxyl groups is 1. The molecule has 100 valence electrons. The third-order valence-electron chi connectivity index (χ3n) is 2.52. The number of aliphatic hydroxyl groups is 1. The second kappa shape index (κ2) is 6.26. The SMILES string of the molecule is COc1ccc(C(=O)NC(C)CC(C)O)c(O)c1. The first-order valence-electron chi connectivity index (χ1n) is 5.80. The van der Waals surface area contributed by atoms with Gasteiger partial charge in [0.1, 0.15) is 11.5 Å². The fourth-order valence-corrected chi connectivity index (χ4v) is 1.70. The fourth-order valence-electron chi connectivity index (χ4n) is 1.70. The molecule has 0 fully saturated rings. The number of carbonyl (C=O) groups excluding carboxylic acids is 1. The molecule has 18 heavy (non-hydrogen) atoms. The van der Waals surface area contributed by atoms with Crippen molar-refractivity contribution in [1.82, 2.24) is 5.32 Å². The number of phenolic OH excluding ortho intramolecular Hbond substituents is 1. The van der Waals surface area contributed by atoms with Gasteiger partial charge in [-0.05, 0) is 32.4 Å². The van der Waals surface area contributed by atoms with E-state index in [-0.39, 0.29) is 23.3 Å². The number of phenols is 1. The number of nitrogens with one attached hydrogen (secondary N) is 1. The largest absolute Gasteiger partial charge is 0.507 e. The Morgan fingerprint density at radius 3 is 2.61 bits per heavy atom. The number of hydrogen-bond donors (Lipinski definition) is 3. The Hall–Kier alpha value is -1.75. The monoisotopic (exact) mass is 253 g/mol. The third kappa shape index (κ3) is 3.92. The van der Waals surface area contributed by atoms with Crippen LogP contribution in [0, 0.1) is 0 Å². The molecule has 0 heterocycles. The van der Waals surface area contributed by atoms with Crippen LogP contribution in [-0.4, -0.2) is 35.4 Å². The molecule has 0 saturated carbocycles. The highest BCUT2D eigenvalue weighted by molar-refractivity contribution is 5.97. The van der Waals surface area contributed by atoms with Crippen molar-refractivity contribution in [2.75, 3.05) is 7.11 Å². The lowest BCUT2D eigenvalue weighted by Crippen LogP contribution is -2.34. The average molecular weight is 253 g/mol. The maximum absolute atomic E-state index is 11.9. The van der Waals surface area contributed by atoms with Crippen molar-refractivity contribution in [1.29, 1.82) is 0 Å². The van der Waals surface area contributed by atoms with Gasteiger partial charge in [-0.3, -0.25) is 4.79 Å². The minimum atomic E-state index is -0.482. The lowest BCUT2D eigenvalue weighted by molar-refractivity contribution is 0.0920. The summed E-state index contributed by atoms with van der Waals surface area (Å²) >= 11 is 0. The summed E-state index contributed by atoms with van der Waals surface area (Å²) in [5.74, 6) is -0.0134. The molecule has 1 aromatic rings. The zero-order valence-electron chi connectivity index (χ0n) is 10.8. The van der Waals surface area contributed by atoms with Crippen LogP contribution >= 0.6 is 0 Å². The molecule has 0 aromatic heterocycles. The van der Waals surface area contributed by atoms with Gasteiger partial charge in [-0.2, -0.15) is 0 Å². The van der Waals surface area contributed by atoms with Crippen molar-refractivity contribution in [3.8, 4) is 11.5 Å². The van der Waals surface area contributed by atoms with Crippen molar-refractivity contribution in [2.24, 2.45) is 0 Å². The lowest BCUT2D eigenvalue weighted by Gasteiger charge is -2.16. The quantitative estimate of drug-likeness (QED) is 0.739. The van der Waals surface area contributed by atoms with E-state index in [1.54, 1.807) is 19.9 Å². The third-order valence-corrected chi connectivity index (χ3v) is 2.52. The summed E-state index contributed by atoms with van der Waals surface area (Å²) in [7, 11) is 1.49. The fraction of sp³-hybridized carbons (Fsp3) is 0.462. The zero-order chi connectivity index (χ0) is 13.7. The zero-order valence-corrected chi connectivity index (χ0v) is 10.8. The van der Waals surface area contributed by atoms with E-state index in [0.717, 1.165) is 0 Å². The van der Waals surface area contributed by atoms with Crippen LogP contribution in [0.3, 0.4) is 0 Å². The van der Waals surface area contributed by atoms with Gasteiger partial charge in [0.15, 0.2) is 0 Å². The molecule has 5 heteroatoms. The van der Waals surface area contributed by atoms with Crippen molar-refractivity contribution in [2.45, 2.75) is 32.4 Å². The van der Waals surface area contributed by atoms with Crippen molar-refractivity contribution in [3.63, 3.8) is 0 Å². The molecule has 0 spiro atoms. The highest BCUT2D eigenvalue weighted by Crippen LogP contribution is 2.23. The number of aliphatic hydroxyl groups excluding tert-OH is 1. The molecule has 0 aliphatic heterocycles. The minimum Gasteiger partial charge on any atom is -0.507 e. The van der Waals surface area contributed by atoms with Crippen molar-refractivity contribution >= 4 is 5.91 Å². The van der Waals surface area contributed by atoms with Crippen LogP contribution in [0.4, 0.5) is 0 Å². The molecular formula is C13H19NO4. The van der Waals surface area contributed by atoms with Crippen LogP contribution in [-0.2, 0) is 0 Å². The van der Waals surface area contributed by atoms with E-state index in [1.807, 2.05) is 0 Å². The van der Waals surface area contributed by atoms with Gasteiger partial charge in [0, 0.05) is 12.1 Å². The molecule has 1 rings (SSSR count). The van der Waals surface area contributed by atoms with E-state index in [9.17, 15) is 15.0 Å². The first kappa shape index (κ1) is 14.3. The van der Waals surface area contributed by atoms with Crippen LogP contribution in [0.1, 0.15) is 30.6 Å². The number of amides is 1. The molecule has 3 N–H and O–H groups in total. The normalized spacial score (nSPS) is 13.8. The highest BCUT2D eigenvalue weighted by atomic mass is 16.5. The van der Waals surface area contributed by atoms with Gasteiger partial charge in [0.2, 0.25) is 0 Å². The first-order valence-corrected chi connectivity index (χ1v) is 5.80. The Labute approximate surface area is 106 Å². The summed E-state index contributed by atoms with van der Waals surface area (Å²) in [5, 5.41) is 21.6. The van der Waals surface area contributed by atoms with Crippen molar-refractivity contribution in [3.05, 3.63) is 23.8 Å². The first-order chi connectivity index (χ1) is 8.43. The van der Waals surface area contributed by atoms with Crippen LogP contribution in [0.25, 0.3) is 0 Å². The summed E-state index contributed by atoms with van der Waals surface area (Å²) in [4.78, 5) is 11.9. The smallest absolute Gasteiger partial charge is 0.255 e. The maximum atomic E-state index is 11.9. The van der Waals surface area contributed by atoms with Gasteiger partial charge < -0.3 is 20.3 Å². The van der Waals surface area contributed by atoms with Gasteiger partial charge in [0.25, 0.3) is 5.91 Å². The Balaban J connectivity index is 2.72.